The summed E-state index contributed by atoms with van der Waals surface area (Å²) in [6.45, 7) is 2.64. The SMILES string of the molecule is C[C@H](CNC(=O)c1cnn(-c2ccccc2)n1)c1ccccc1. The fourth-order valence-corrected chi connectivity index (χ4v) is 2.29. The van der Waals surface area contributed by atoms with Crippen LogP contribution in [0.5, 0.6) is 0 Å². The topological polar surface area (TPSA) is 59.8 Å². The van der Waals surface area contributed by atoms with Gasteiger partial charge in [0.15, 0.2) is 5.69 Å². The van der Waals surface area contributed by atoms with Crippen molar-refractivity contribution in [3.05, 3.63) is 78.1 Å². The molecular weight excluding hydrogens is 288 g/mol. The van der Waals surface area contributed by atoms with Crippen molar-refractivity contribution in [2.75, 3.05) is 6.54 Å². The van der Waals surface area contributed by atoms with Crippen LogP contribution in [-0.2, 0) is 0 Å². The zero-order valence-electron chi connectivity index (χ0n) is 12.9. The van der Waals surface area contributed by atoms with Crippen molar-refractivity contribution in [2.45, 2.75) is 12.8 Å². The first-order chi connectivity index (χ1) is 11.2. The van der Waals surface area contributed by atoms with Crippen LogP contribution in [0.4, 0.5) is 0 Å². The van der Waals surface area contributed by atoms with Gasteiger partial charge in [-0.15, -0.1) is 5.10 Å². The maximum Gasteiger partial charge on any atom is 0.273 e. The standard InChI is InChI=1S/C18H18N4O/c1-14(15-8-4-2-5-9-15)12-19-18(23)17-13-20-22(21-17)16-10-6-3-7-11-16/h2-11,13-14H,12H2,1H3,(H,19,23)/t14-/m1/s1. The summed E-state index contributed by atoms with van der Waals surface area (Å²) in [7, 11) is 0. The predicted molar refractivity (Wildman–Crippen MR) is 88.5 cm³/mol. The number of para-hydroxylation sites is 1. The lowest BCUT2D eigenvalue weighted by atomic mass is 10.0. The number of nitrogens with one attached hydrogen (secondary N) is 1. The quantitative estimate of drug-likeness (QED) is 0.788. The fourth-order valence-electron chi connectivity index (χ4n) is 2.29. The Labute approximate surface area is 135 Å². The second kappa shape index (κ2) is 6.87. The van der Waals surface area contributed by atoms with Crippen molar-refractivity contribution in [1.29, 1.82) is 0 Å². The zero-order valence-corrected chi connectivity index (χ0v) is 12.9. The van der Waals surface area contributed by atoms with E-state index in [1.807, 2.05) is 48.5 Å². The van der Waals surface area contributed by atoms with E-state index in [-0.39, 0.29) is 11.8 Å². The van der Waals surface area contributed by atoms with Gasteiger partial charge in [-0.2, -0.15) is 9.90 Å². The molecule has 0 spiro atoms. The number of carbonyl (C=O) groups is 1. The molecule has 2 aromatic carbocycles. The van der Waals surface area contributed by atoms with Crippen LogP contribution in [0.2, 0.25) is 0 Å². The number of nitrogens with zero attached hydrogens (tertiary/aromatic N) is 3. The fraction of sp³-hybridized carbons (Fsp3) is 0.167. The van der Waals surface area contributed by atoms with Crippen LogP contribution in [0.1, 0.15) is 28.9 Å². The number of amides is 1. The summed E-state index contributed by atoms with van der Waals surface area (Å²) < 4.78 is 0. The highest BCUT2D eigenvalue weighted by Crippen LogP contribution is 2.13. The van der Waals surface area contributed by atoms with Crippen molar-refractivity contribution in [3.8, 4) is 5.69 Å². The van der Waals surface area contributed by atoms with Crippen LogP contribution in [0.15, 0.2) is 66.9 Å². The third-order valence-corrected chi connectivity index (χ3v) is 3.65. The molecule has 5 heteroatoms. The summed E-state index contributed by atoms with van der Waals surface area (Å²) in [5.41, 5.74) is 2.33. The van der Waals surface area contributed by atoms with Gasteiger partial charge in [0, 0.05) is 6.54 Å². The van der Waals surface area contributed by atoms with E-state index in [0.717, 1.165) is 5.69 Å². The maximum atomic E-state index is 12.2. The molecule has 1 atom stereocenters. The van der Waals surface area contributed by atoms with Crippen LogP contribution in [-0.4, -0.2) is 27.4 Å². The number of hydrogen-bond donors (Lipinski definition) is 1. The minimum Gasteiger partial charge on any atom is -0.350 e. The monoisotopic (exact) mass is 306 g/mol. The van der Waals surface area contributed by atoms with E-state index >= 15 is 0 Å². The third kappa shape index (κ3) is 3.63. The highest BCUT2D eigenvalue weighted by molar-refractivity contribution is 5.91. The van der Waals surface area contributed by atoms with E-state index in [4.69, 9.17) is 0 Å². The Bertz CT molecular complexity index is 768. The zero-order chi connectivity index (χ0) is 16.1. The summed E-state index contributed by atoms with van der Waals surface area (Å²) in [6.07, 6.45) is 1.48. The molecule has 0 saturated carbocycles. The van der Waals surface area contributed by atoms with Crippen LogP contribution >= 0.6 is 0 Å². The molecule has 1 aromatic heterocycles. The summed E-state index contributed by atoms with van der Waals surface area (Å²) in [5.74, 6) is 0.0271. The molecule has 116 valence electrons. The van der Waals surface area contributed by atoms with Crippen molar-refractivity contribution < 1.29 is 4.79 Å². The van der Waals surface area contributed by atoms with Gasteiger partial charge in [-0.25, -0.2) is 0 Å². The number of aromatic nitrogens is 3. The first-order valence-corrected chi connectivity index (χ1v) is 7.55. The summed E-state index contributed by atoms with van der Waals surface area (Å²) in [5, 5.41) is 11.3. The van der Waals surface area contributed by atoms with Gasteiger partial charge in [-0.05, 0) is 23.6 Å². The first kappa shape index (κ1) is 15.0. The van der Waals surface area contributed by atoms with Gasteiger partial charge in [0.25, 0.3) is 5.91 Å². The van der Waals surface area contributed by atoms with E-state index in [2.05, 4.69) is 34.6 Å². The lowest BCUT2D eigenvalue weighted by Crippen LogP contribution is -2.28. The van der Waals surface area contributed by atoms with Gasteiger partial charge in [0.2, 0.25) is 0 Å². The minimum atomic E-state index is -0.213. The molecule has 0 unspecified atom stereocenters. The average molecular weight is 306 g/mol. The summed E-state index contributed by atoms with van der Waals surface area (Å²) >= 11 is 0. The molecule has 0 bridgehead atoms. The van der Waals surface area contributed by atoms with Gasteiger partial charge >= 0.3 is 0 Å². The molecule has 3 aromatic rings. The Kier molecular flexibility index (Phi) is 4.47. The molecule has 1 N–H and O–H groups in total. The Morgan fingerprint density at radius 2 is 1.74 bits per heavy atom. The van der Waals surface area contributed by atoms with Crippen LogP contribution < -0.4 is 5.32 Å². The van der Waals surface area contributed by atoms with Gasteiger partial charge in [0.05, 0.1) is 11.9 Å². The Morgan fingerprint density at radius 3 is 2.43 bits per heavy atom. The Balaban J connectivity index is 1.62. The number of benzene rings is 2. The smallest absolute Gasteiger partial charge is 0.273 e. The van der Waals surface area contributed by atoms with Gasteiger partial charge in [-0.3, -0.25) is 4.79 Å². The van der Waals surface area contributed by atoms with E-state index in [9.17, 15) is 4.79 Å². The normalized spacial score (nSPS) is 11.9. The molecule has 5 nitrogen and oxygen atoms in total. The highest BCUT2D eigenvalue weighted by Gasteiger charge is 2.13. The average Bonchev–Trinajstić information content (AvgIpc) is 3.11. The van der Waals surface area contributed by atoms with Gasteiger partial charge < -0.3 is 5.32 Å². The van der Waals surface area contributed by atoms with E-state index < -0.39 is 0 Å². The van der Waals surface area contributed by atoms with Gasteiger partial charge in [-0.1, -0.05) is 55.5 Å². The second-order valence-corrected chi connectivity index (χ2v) is 5.38. The molecule has 23 heavy (non-hydrogen) atoms. The molecular formula is C18H18N4O. The summed E-state index contributed by atoms with van der Waals surface area (Å²) in [4.78, 5) is 13.7. The van der Waals surface area contributed by atoms with Crippen molar-refractivity contribution in [2.24, 2.45) is 0 Å². The van der Waals surface area contributed by atoms with Crippen LogP contribution in [0, 0.1) is 0 Å². The molecule has 1 amide bonds. The number of hydrogen-bond acceptors (Lipinski definition) is 3. The molecule has 0 aliphatic carbocycles. The Morgan fingerprint density at radius 1 is 1.09 bits per heavy atom. The van der Waals surface area contributed by atoms with E-state index in [0.29, 0.717) is 12.2 Å². The molecule has 0 fully saturated rings. The molecule has 3 rings (SSSR count). The van der Waals surface area contributed by atoms with Crippen molar-refractivity contribution >= 4 is 5.91 Å². The van der Waals surface area contributed by atoms with E-state index in [1.54, 1.807) is 0 Å². The molecule has 0 radical (unpaired) electrons. The number of rotatable bonds is 5. The molecule has 0 aliphatic rings. The summed E-state index contributed by atoms with van der Waals surface area (Å²) in [6, 6.07) is 19.6. The lowest BCUT2D eigenvalue weighted by molar-refractivity contribution is 0.0946. The first-order valence-electron chi connectivity index (χ1n) is 7.55. The third-order valence-electron chi connectivity index (χ3n) is 3.65. The van der Waals surface area contributed by atoms with Crippen molar-refractivity contribution in [3.63, 3.8) is 0 Å². The van der Waals surface area contributed by atoms with Gasteiger partial charge in [0.1, 0.15) is 0 Å². The Hall–Kier alpha value is -2.95. The van der Waals surface area contributed by atoms with Crippen LogP contribution in [0.25, 0.3) is 5.69 Å². The molecule has 0 aliphatic heterocycles. The second-order valence-electron chi connectivity index (χ2n) is 5.38. The molecule has 1 heterocycles. The lowest BCUT2D eigenvalue weighted by Gasteiger charge is -2.12. The van der Waals surface area contributed by atoms with Crippen molar-refractivity contribution in [1.82, 2.24) is 20.3 Å². The molecule has 0 saturated heterocycles. The predicted octanol–water partition coefficient (Wildman–Crippen LogP) is 2.80. The largest absolute Gasteiger partial charge is 0.350 e. The number of carbonyl (C=O) groups excluding carboxylic acids is 1. The van der Waals surface area contributed by atoms with Crippen LogP contribution in [0.3, 0.4) is 0 Å². The highest BCUT2D eigenvalue weighted by atomic mass is 16.2. The minimum absolute atomic E-state index is 0.213. The van der Waals surface area contributed by atoms with E-state index in [1.165, 1.54) is 16.6 Å². The maximum absolute atomic E-state index is 12.2.